The summed E-state index contributed by atoms with van der Waals surface area (Å²) in [5.74, 6) is 1.08. The lowest BCUT2D eigenvalue weighted by atomic mass is 10.1. The molecule has 0 radical (unpaired) electrons. The van der Waals surface area contributed by atoms with Crippen molar-refractivity contribution in [2.45, 2.75) is 13.3 Å². The number of methoxy groups -OCH3 is 2. The van der Waals surface area contributed by atoms with E-state index in [2.05, 4.69) is 15.5 Å². The molecule has 0 bridgehead atoms. The molecular formula is C14H18N4O3. The zero-order valence-electron chi connectivity index (χ0n) is 12.2. The number of nitrogens with one attached hydrogen (secondary N) is 2. The standard InChI is InChI=1S/C14H18N4O3/c1-4-8-7-16-18-13(8)17-14(19)10-5-9(20-2)6-11(21-3)12(10)15/h5-7H,4,15H2,1-3H3,(H2,16,17,18,19). The van der Waals surface area contributed by atoms with E-state index in [0.29, 0.717) is 17.3 Å². The van der Waals surface area contributed by atoms with Crippen molar-refractivity contribution < 1.29 is 14.3 Å². The van der Waals surface area contributed by atoms with Gasteiger partial charge in [0.25, 0.3) is 5.91 Å². The summed E-state index contributed by atoms with van der Waals surface area (Å²) >= 11 is 0. The maximum Gasteiger partial charge on any atom is 0.259 e. The van der Waals surface area contributed by atoms with Crippen molar-refractivity contribution in [3.05, 3.63) is 29.5 Å². The van der Waals surface area contributed by atoms with Gasteiger partial charge in [-0.2, -0.15) is 5.10 Å². The third kappa shape index (κ3) is 2.91. The number of carbonyl (C=O) groups is 1. The van der Waals surface area contributed by atoms with Gasteiger partial charge in [-0.05, 0) is 12.5 Å². The molecule has 1 aromatic carbocycles. The maximum atomic E-state index is 12.4. The summed E-state index contributed by atoms with van der Waals surface area (Å²) in [6.07, 6.45) is 2.42. The Labute approximate surface area is 122 Å². The van der Waals surface area contributed by atoms with E-state index in [1.165, 1.54) is 14.2 Å². The van der Waals surface area contributed by atoms with E-state index < -0.39 is 0 Å². The molecule has 7 nitrogen and oxygen atoms in total. The highest BCUT2D eigenvalue weighted by Gasteiger charge is 2.17. The number of nitrogen functional groups attached to an aromatic ring is 1. The summed E-state index contributed by atoms with van der Waals surface area (Å²) in [7, 11) is 2.99. The molecule has 1 heterocycles. The zero-order chi connectivity index (χ0) is 15.4. The second-order valence-electron chi connectivity index (χ2n) is 4.37. The van der Waals surface area contributed by atoms with Crippen molar-refractivity contribution in [2.24, 2.45) is 0 Å². The Bertz CT molecular complexity index is 652. The Morgan fingerprint density at radius 3 is 2.76 bits per heavy atom. The lowest BCUT2D eigenvalue weighted by Gasteiger charge is -2.12. The van der Waals surface area contributed by atoms with Crippen molar-refractivity contribution in [2.75, 3.05) is 25.3 Å². The molecule has 0 saturated heterocycles. The maximum absolute atomic E-state index is 12.4. The van der Waals surface area contributed by atoms with Gasteiger partial charge in [-0.25, -0.2) is 0 Å². The van der Waals surface area contributed by atoms with Crippen molar-refractivity contribution >= 4 is 17.4 Å². The lowest BCUT2D eigenvalue weighted by molar-refractivity contribution is 0.102. The lowest BCUT2D eigenvalue weighted by Crippen LogP contribution is -2.16. The molecule has 0 atom stereocenters. The predicted octanol–water partition coefficient (Wildman–Crippen LogP) is 1.82. The van der Waals surface area contributed by atoms with E-state index in [1.807, 2.05) is 6.92 Å². The Kier molecular flexibility index (Phi) is 4.32. The van der Waals surface area contributed by atoms with Crippen LogP contribution in [0.5, 0.6) is 11.5 Å². The van der Waals surface area contributed by atoms with Gasteiger partial charge in [0.1, 0.15) is 17.3 Å². The Morgan fingerprint density at radius 2 is 2.14 bits per heavy atom. The quantitative estimate of drug-likeness (QED) is 0.729. The number of aromatic amines is 1. The molecular weight excluding hydrogens is 272 g/mol. The zero-order valence-corrected chi connectivity index (χ0v) is 12.2. The molecule has 2 aromatic rings. The van der Waals surface area contributed by atoms with Gasteiger partial charge in [0, 0.05) is 11.6 Å². The molecule has 0 aliphatic carbocycles. The van der Waals surface area contributed by atoms with E-state index in [-0.39, 0.29) is 17.2 Å². The van der Waals surface area contributed by atoms with Gasteiger partial charge in [-0.3, -0.25) is 9.89 Å². The second-order valence-corrected chi connectivity index (χ2v) is 4.37. The van der Waals surface area contributed by atoms with Crippen LogP contribution in [0.15, 0.2) is 18.3 Å². The number of aryl methyl sites for hydroxylation is 1. The fourth-order valence-electron chi connectivity index (χ4n) is 1.94. The van der Waals surface area contributed by atoms with Gasteiger partial charge in [0.2, 0.25) is 0 Å². The van der Waals surface area contributed by atoms with Crippen molar-refractivity contribution in [3.8, 4) is 11.5 Å². The van der Waals surface area contributed by atoms with E-state index in [0.717, 1.165) is 12.0 Å². The number of aromatic nitrogens is 2. The molecule has 0 aliphatic heterocycles. The minimum absolute atomic E-state index is 0.258. The number of rotatable bonds is 5. The highest BCUT2D eigenvalue weighted by atomic mass is 16.5. The molecule has 7 heteroatoms. The number of carbonyl (C=O) groups excluding carboxylic acids is 1. The highest BCUT2D eigenvalue weighted by molar-refractivity contribution is 6.08. The number of nitrogens with zero attached hydrogens (tertiary/aromatic N) is 1. The molecule has 112 valence electrons. The van der Waals surface area contributed by atoms with Gasteiger partial charge < -0.3 is 20.5 Å². The Balaban J connectivity index is 2.34. The third-order valence-electron chi connectivity index (χ3n) is 3.15. The smallest absolute Gasteiger partial charge is 0.259 e. The first-order valence-corrected chi connectivity index (χ1v) is 6.45. The molecule has 2 rings (SSSR count). The minimum Gasteiger partial charge on any atom is -0.497 e. The van der Waals surface area contributed by atoms with Crippen molar-refractivity contribution in [1.82, 2.24) is 10.2 Å². The molecule has 1 amide bonds. The van der Waals surface area contributed by atoms with Gasteiger partial charge in [0.15, 0.2) is 0 Å². The van der Waals surface area contributed by atoms with Crippen molar-refractivity contribution in [1.29, 1.82) is 0 Å². The second kappa shape index (κ2) is 6.17. The summed E-state index contributed by atoms with van der Waals surface area (Å²) < 4.78 is 10.3. The van der Waals surface area contributed by atoms with Crippen LogP contribution >= 0.6 is 0 Å². The normalized spacial score (nSPS) is 10.2. The average Bonchev–Trinajstić information content (AvgIpc) is 2.94. The first kappa shape index (κ1) is 14.7. The topological polar surface area (TPSA) is 102 Å². The molecule has 0 fully saturated rings. The molecule has 0 saturated carbocycles. The van der Waals surface area contributed by atoms with Crippen LogP contribution in [0.4, 0.5) is 11.5 Å². The molecule has 0 spiro atoms. The summed E-state index contributed by atoms with van der Waals surface area (Å²) in [5, 5.41) is 9.41. The fourth-order valence-corrected chi connectivity index (χ4v) is 1.94. The first-order valence-electron chi connectivity index (χ1n) is 6.45. The van der Waals surface area contributed by atoms with E-state index in [4.69, 9.17) is 15.2 Å². The molecule has 1 aromatic heterocycles. The van der Waals surface area contributed by atoms with E-state index in [9.17, 15) is 4.79 Å². The van der Waals surface area contributed by atoms with Gasteiger partial charge in [0.05, 0.1) is 31.7 Å². The van der Waals surface area contributed by atoms with Gasteiger partial charge >= 0.3 is 0 Å². The number of ether oxygens (including phenoxy) is 2. The molecule has 0 unspecified atom stereocenters. The largest absolute Gasteiger partial charge is 0.497 e. The van der Waals surface area contributed by atoms with E-state index in [1.54, 1.807) is 18.3 Å². The van der Waals surface area contributed by atoms with Gasteiger partial charge in [-0.1, -0.05) is 6.92 Å². The van der Waals surface area contributed by atoms with Crippen LogP contribution < -0.4 is 20.5 Å². The number of H-pyrrole nitrogens is 1. The summed E-state index contributed by atoms with van der Waals surface area (Å²) in [5.41, 5.74) is 7.40. The summed E-state index contributed by atoms with van der Waals surface area (Å²) in [6, 6.07) is 3.19. The number of benzene rings is 1. The van der Waals surface area contributed by atoms with Crippen LogP contribution in [0.25, 0.3) is 0 Å². The van der Waals surface area contributed by atoms with E-state index >= 15 is 0 Å². The molecule has 0 aliphatic rings. The number of hydrogen-bond donors (Lipinski definition) is 3. The predicted molar refractivity (Wildman–Crippen MR) is 79.9 cm³/mol. The number of hydrogen-bond acceptors (Lipinski definition) is 5. The Morgan fingerprint density at radius 1 is 1.38 bits per heavy atom. The summed E-state index contributed by atoms with van der Waals surface area (Å²) in [4.78, 5) is 12.4. The van der Waals surface area contributed by atoms with Crippen LogP contribution in [0.2, 0.25) is 0 Å². The Hall–Kier alpha value is -2.70. The first-order chi connectivity index (χ1) is 10.1. The highest BCUT2D eigenvalue weighted by Crippen LogP contribution is 2.31. The SMILES string of the molecule is CCc1cn[nH]c1NC(=O)c1cc(OC)cc(OC)c1N. The minimum atomic E-state index is -0.358. The average molecular weight is 290 g/mol. The van der Waals surface area contributed by atoms with Crippen LogP contribution in [0.1, 0.15) is 22.8 Å². The van der Waals surface area contributed by atoms with Crippen LogP contribution in [-0.2, 0) is 6.42 Å². The van der Waals surface area contributed by atoms with Crippen LogP contribution in [0.3, 0.4) is 0 Å². The number of nitrogens with two attached hydrogens (primary N) is 1. The molecule has 4 N–H and O–H groups in total. The van der Waals surface area contributed by atoms with Crippen LogP contribution in [0, 0.1) is 0 Å². The fraction of sp³-hybridized carbons (Fsp3) is 0.286. The number of amides is 1. The summed E-state index contributed by atoms with van der Waals surface area (Å²) in [6.45, 7) is 1.98. The monoisotopic (exact) mass is 290 g/mol. The molecule has 21 heavy (non-hydrogen) atoms. The van der Waals surface area contributed by atoms with Crippen LogP contribution in [-0.4, -0.2) is 30.3 Å². The third-order valence-corrected chi connectivity index (χ3v) is 3.15. The van der Waals surface area contributed by atoms with Gasteiger partial charge in [-0.15, -0.1) is 0 Å². The number of anilines is 2. The van der Waals surface area contributed by atoms with Crippen molar-refractivity contribution in [3.63, 3.8) is 0 Å².